The number of urea groups is 1. The number of amides is 2. The molecule has 1 fully saturated rings. The minimum atomic E-state index is -1.09. The van der Waals surface area contributed by atoms with Crippen LogP contribution in [-0.4, -0.2) is 63.6 Å². The third kappa shape index (κ3) is 3.85. The van der Waals surface area contributed by atoms with Gasteiger partial charge >= 0.3 is 12.0 Å². The number of carboxylic acids is 1. The number of hydrogen-bond donors (Lipinski definition) is 4. The molecule has 2 amide bonds. The van der Waals surface area contributed by atoms with E-state index in [1.807, 2.05) is 13.8 Å². The van der Waals surface area contributed by atoms with Gasteiger partial charge in [0.15, 0.2) is 0 Å². The summed E-state index contributed by atoms with van der Waals surface area (Å²) in [6, 6.07) is -1.52. The second-order valence-electron chi connectivity index (χ2n) is 5.01. The molecule has 1 saturated heterocycles. The van der Waals surface area contributed by atoms with Crippen LogP contribution in [0.3, 0.4) is 0 Å². The molecular formula is C11H20N2O5. The number of hydrogen-bond acceptors (Lipinski definition) is 4. The zero-order valence-electron chi connectivity index (χ0n) is 10.5. The van der Waals surface area contributed by atoms with Crippen molar-refractivity contribution in [3.8, 4) is 0 Å². The summed E-state index contributed by atoms with van der Waals surface area (Å²) in [6.07, 6.45) is -1.60. The Bertz CT molecular complexity index is 311. The predicted octanol–water partition coefficient (Wildman–Crippen LogP) is -0.767. The van der Waals surface area contributed by atoms with Crippen LogP contribution in [0.1, 0.15) is 20.3 Å². The molecule has 4 N–H and O–H groups in total. The highest BCUT2D eigenvalue weighted by atomic mass is 16.4. The average molecular weight is 260 g/mol. The van der Waals surface area contributed by atoms with Crippen LogP contribution in [0.5, 0.6) is 0 Å². The highest BCUT2D eigenvalue weighted by molar-refractivity contribution is 5.82. The number of rotatable bonds is 4. The van der Waals surface area contributed by atoms with E-state index >= 15 is 0 Å². The molecule has 1 rings (SSSR count). The molecule has 1 heterocycles. The molecule has 2 unspecified atom stereocenters. The van der Waals surface area contributed by atoms with Crippen LogP contribution < -0.4 is 5.32 Å². The zero-order valence-corrected chi connectivity index (χ0v) is 10.5. The van der Waals surface area contributed by atoms with Gasteiger partial charge in [0.25, 0.3) is 0 Å². The Labute approximate surface area is 105 Å². The summed E-state index contributed by atoms with van der Waals surface area (Å²) in [6.45, 7) is 3.76. The fourth-order valence-corrected chi connectivity index (χ4v) is 1.87. The number of nitrogens with one attached hydrogen (secondary N) is 1. The minimum absolute atomic E-state index is 0.0149. The summed E-state index contributed by atoms with van der Waals surface area (Å²) < 4.78 is 0. The van der Waals surface area contributed by atoms with Gasteiger partial charge in [-0.05, 0) is 12.3 Å². The smallest absolute Gasteiger partial charge is 0.326 e. The Morgan fingerprint density at radius 1 is 1.28 bits per heavy atom. The number of aliphatic hydroxyl groups is 2. The molecule has 0 saturated carbocycles. The molecule has 0 spiro atoms. The molecule has 0 aromatic carbocycles. The third-order valence-electron chi connectivity index (χ3n) is 2.85. The van der Waals surface area contributed by atoms with E-state index in [9.17, 15) is 19.8 Å². The maximum Gasteiger partial charge on any atom is 0.326 e. The quantitative estimate of drug-likeness (QED) is 0.530. The lowest BCUT2D eigenvalue weighted by molar-refractivity contribution is -0.139. The summed E-state index contributed by atoms with van der Waals surface area (Å²) >= 11 is 0. The molecule has 104 valence electrons. The largest absolute Gasteiger partial charge is 0.480 e. The van der Waals surface area contributed by atoms with Crippen LogP contribution in [0, 0.1) is 5.92 Å². The summed E-state index contributed by atoms with van der Waals surface area (Å²) in [5, 5.41) is 30.0. The molecule has 1 aliphatic rings. The highest BCUT2D eigenvalue weighted by Crippen LogP contribution is 2.11. The molecule has 7 heteroatoms. The maximum absolute atomic E-state index is 11.8. The number of β-amino-alcohol motifs (C(OH)–C–C–N with tert-alkyl or cyclic N) is 2. The monoisotopic (exact) mass is 260 g/mol. The van der Waals surface area contributed by atoms with E-state index in [1.54, 1.807) is 0 Å². The normalized spacial score (nSPS) is 25.3. The summed E-state index contributed by atoms with van der Waals surface area (Å²) in [4.78, 5) is 24.0. The number of carbonyl (C=O) groups is 2. The van der Waals surface area contributed by atoms with E-state index in [4.69, 9.17) is 5.11 Å². The number of aliphatic hydroxyl groups excluding tert-OH is 2. The second kappa shape index (κ2) is 6.01. The first-order valence-corrected chi connectivity index (χ1v) is 5.95. The summed E-state index contributed by atoms with van der Waals surface area (Å²) in [5.41, 5.74) is 0. The lowest BCUT2D eigenvalue weighted by Crippen LogP contribution is -2.48. The second-order valence-corrected chi connectivity index (χ2v) is 5.01. The van der Waals surface area contributed by atoms with Gasteiger partial charge < -0.3 is 25.5 Å². The fraction of sp³-hybridized carbons (Fsp3) is 0.818. The van der Waals surface area contributed by atoms with Gasteiger partial charge in [-0.15, -0.1) is 0 Å². The third-order valence-corrected chi connectivity index (χ3v) is 2.85. The Morgan fingerprint density at radius 3 is 2.17 bits per heavy atom. The van der Waals surface area contributed by atoms with Crippen LogP contribution in [0.2, 0.25) is 0 Å². The SMILES string of the molecule is CC(C)C[C@H](NC(=O)N1CC(O)C(O)C1)C(=O)O. The van der Waals surface area contributed by atoms with E-state index in [0.717, 1.165) is 0 Å². The van der Waals surface area contributed by atoms with Gasteiger partial charge in [-0.1, -0.05) is 13.8 Å². The minimum Gasteiger partial charge on any atom is -0.480 e. The standard InChI is InChI=1S/C11H20N2O5/c1-6(2)3-7(10(16)17)12-11(18)13-4-8(14)9(15)5-13/h6-9,14-15H,3-5H2,1-2H3,(H,12,18)(H,16,17)/t7-,8?,9?/m0/s1. The first-order chi connectivity index (χ1) is 8.31. The lowest BCUT2D eigenvalue weighted by Gasteiger charge is -2.21. The van der Waals surface area contributed by atoms with E-state index in [2.05, 4.69) is 5.32 Å². The molecule has 0 aliphatic carbocycles. The van der Waals surface area contributed by atoms with E-state index in [0.29, 0.717) is 6.42 Å². The van der Waals surface area contributed by atoms with Gasteiger partial charge in [-0.2, -0.15) is 0 Å². The van der Waals surface area contributed by atoms with Crippen LogP contribution in [0.25, 0.3) is 0 Å². The zero-order chi connectivity index (χ0) is 13.9. The first-order valence-electron chi connectivity index (χ1n) is 5.95. The number of aliphatic carboxylic acids is 1. The topological polar surface area (TPSA) is 110 Å². The van der Waals surface area contributed by atoms with Crippen molar-refractivity contribution in [3.05, 3.63) is 0 Å². The van der Waals surface area contributed by atoms with Crippen molar-refractivity contribution in [2.24, 2.45) is 5.92 Å². The van der Waals surface area contributed by atoms with Crippen molar-refractivity contribution in [2.45, 2.75) is 38.5 Å². The number of nitrogens with zero attached hydrogens (tertiary/aromatic N) is 1. The van der Waals surface area contributed by atoms with Gasteiger partial charge in [0, 0.05) is 0 Å². The van der Waals surface area contributed by atoms with Gasteiger partial charge in [-0.25, -0.2) is 9.59 Å². The molecule has 0 aromatic heterocycles. The van der Waals surface area contributed by atoms with E-state index in [1.165, 1.54) is 4.90 Å². The van der Waals surface area contributed by atoms with Crippen LogP contribution in [-0.2, 0) is 4.79 Å². The first kappa shape index (κ1) is 14.7. The van der Waals surface area contributed by atoms with Gasteiger partial charge in [-0.3, -0.25) is 0 Å². The van der Waals surface area contributed by atoms with Crippen LogP contribution >= 0.6 is 0 Å². The average Bonchev–Trinajstić information content (AvgIpc) is 2.57. The number of likely N-dealkylation sites (tertiary alicyclic amines) is 1. The fourth-order valence-electron chi connectivity index (χ4n) is 1.87. The van der Waals surface area contributed by atoms with Crippen molar-refractivity contribution in [3.63, 3.8) is 0 Å². The Morgan fingerprint density at radius 2 is 1.78 bits per heavy atom. The molecule has 1 aliphatic heterocycles. The van der Waals surface area contributed by atoms with Gasteiger partial charge in [0.1, 0.15) is 6.04 Å². The Hall–Kier alpha value is -1.34. The van der Waals surface area contributed by atoms with Gasteiger partial charge in [0.2, 0.25) is 0 Å². The lowest BCUT2D eigenvalue weighted by atomic mass is 10.0. The molecule has 0 aromatic rings. The molecular weight excluding hydrogens is 240 g/mol. The van der Waals surface area contributed by atoms with Crippen LogP contribution in [0.15, 0.2) is 0 Å². The molecule has 18 heavy (non-hydrogen) atoms. The summed E-state index contributed by atoms with van der Waals surface area (Å²) in [5.74, 6) is -0.946. The Balaban J connectivity index is 2.54. The van der Waals surface area contributed by atoms with E-state index < -0.39 is 30.3 Å². The van der Waals surface area contributed by atoms with Crippen molar-refractivity contribution in [2.75, 3.05) is 13.1 Å². The maximum atomic E-state index is 11.8. The summed E-state index contributed by atoms with van der Waals surface area (Å²) in [7, 11) is 0. The van der Waals surface area contributed by atoms with Crippen LogP contribution in [0.4, 0.5) is 4.79 Å². The van der Waals surface area contributed by atoms with Crippen molar-refractivity contribution < 1.29 is 24.9 Å². The molecule has 3 atom stereocenters. The molecule has 7 nitrogen and oxygen atoms in total. The predicted molar refractivity (Wildman–Crippen MR) is 63.0 cm³/mol. The molecule has 0 radical (unpaired) electrons. The Kier molecular flexibility index (Phi) is 4.92. The van der Waals surface area contributed by atoms with Crippen molar-refractivity contribution in [1.29, 1.82) is 0 Å². The highest BCUT2D eigenvalue weighted by Gasteiger charge is 2.34. The number of carbonyl (C=O) groups excluding carboxylic acids is 1. The van der Waals surface area contributed by atoms with E-state index in [-0.39, 0.29) is 19.0 Å². The number of carboxylic acid groups (broad SMARTS) is 1. The molecule has 0 bridgehead atoms. The van der Waals surface area contributed by atoms with Crippen molar-refractivity contribution >= 4 is 12.0 Å². The van der Waals surface area contributed by atoms with Crippen molar-refractivity contribution in [1.82, 2.24) is 10.2 Å². The van der Waals surface area contributed by atoms with Gasteiger partial charge in [0.05, 0.1) is 25.3 Å².